The van der Waals surface area contributed by atoms with Crippen molar-refractivity contribution in [3.05, 3.63) is 59.7 Å². The van der Waals surface area contributed by atoms with Crippen LogP contribution in [0.5, 0.6) is 0 Å². The number of anilines is 2. The third-order valence-electron chi connectivity index (χ3n) is 5.18. The molecule has 0 saturated carbocycles. The molecule has 1 heterocycles. The van der Waals surface area contributed by atoms with Gasteiger partial charge in [0, 0.05) is 49.2 Å². The zero-order chi connectivity index (χ0) is 19.9. The van der Waals surface area contributed by atoms with Crippen molar-refractivity contribution >= 4 is 23.2 Å². The van der Waals surface area contributed by atoms with E-state index in [0.29, 0.717) is 11.1 Å². The minimum atomic E-state index is -0.174. The summed E-state index contributed by atoms with van der Waals surface area (Å²) < 4.78 is 0. The Morgan fingerprint density at radius 2 is 1.57 bits per heavy atom. The second-order valence-electron chi connectivity index (χ2n) is 7.35. The van der Waals surface area contributed by atoms with Gasteiger partial charge in [0.05, 0.1) is 0 Å². The summed E-state index contributed by atoms with van der Waals surface area (Å²) in [6.45, 7) is 5.05. The van der Waals surface area contributed by atoms with Gasteiger partial charge in [-0.15, -0.1) is 0 Å². The number of hydrogen-bond donors (Lipinski definition) is 1. The molecule has 2 amide bonds. The molecular formula is C23H29N3O2. The monoisotopic (exact) mass is 379 g/mol. The maximum absolute atomic E-state index is 12.5. The molecule has 0 radical (unpaired) electrons. The quantitative estimate of drug-likeness (QED) is 0.775. The highest BCUT2D eigenvalue weighted by atomic mass is 16.2. The largest absolute Gasteiger partial charge is 0.372 e. The third kappa shape index (κ3) is 4.91. The lowest BCUT2D eigenvalue weighted by molar-refractivity contribution is 0.0792. The molecule has 1 N–H and O–H groups in total. The molecule has 0 atom stereocenters. The Labute approximate surface area is 167 Å². The van der Waals surface area contributed by atoms with E-state index in [1.807, 2.05) is 19.2 Å². The molecule has 2 aromatic carbocycles. The molecule has 1 aliphatic heterocycles. The highest BCUT2D eigenvalue weighted by molar-refractivity contribution is 6.05. The van der Waals surface area contributed by atoms with Crippen LogP contribution in [-0.4, -0.2) is 43.4 Å². The average molecular weight is 380 g/mol. The summed E-state index contributed by atoms with van der Waals surface area (Å²) in [6.07, 6.45) is 4.52. The Morgan fingerprint density at radius 1 is 0.964 bits per heavy atom. The number of nitrogens with one attached hydrogen (secondary N) is 1. The van der Waals surface area contributed by atoms with Crippen molar-refractivity contribution in [1.29, 1.82) is 0 Å². The second kappa shape index (κ2) is 9.40. The predicted octanol–water partition coefficient (Wildman–Crippen LogP) is 4.41. The molecule has 3 rings (SSSR count). The van der Waals surface area contributed by atoms with Crippen LogP contribution in [0.2, 0.25) is 0 Å². The topological polar surface area (TPSA) is 52.7 Å². The first-order valence-electron chi connectivity index (χ1n) is 10.1. The summed E-state index contributed by atoms with van der Waals surface area (Å²) in [5.41, 5.74) is 3.11. The highest BCUT2D eigenvalue weighted by Crippen LogP contribution is 2.22. The summed E-state index contributed by atoms with van der Waals surface area (Å²) in [5, 5.41) is 2.92. The van der Waals surface area contributed by atoms with Crippen LogP contribution in [-0.2, 0) is 0 Å². The molecule has 0 unspecified atom stereocenters. The van der Waals surface area contributed by atoms with Gasteiger partial charge < -0.3 is 15.1 Å². The number of hydrogen-bond acceptors (Lipinski definition) is 3. The first-order chi connectivity index (χ1) is 13.6. The standard InChI is InChI=1S/C23H29N3O2/c1-3-4-15-25(2)23(28)19-9-7-18(8-10-19)22(27)24-20-11-13-21(14-12-20)26-16-5-6-17-26/h7-14H,3-6,15-17H2,1-2H3,(H,24,27). The number of amides is 2. The lowest BCUT2D eigenvalue weighted by Crippen LogP contribution is -2.27. The van der Waals surface area contributed by atoms with Gasteiger partial charge in [-0.1, -0.05) is 13.3 Å². The number of carbonyl (C=O) groups is 2. The third-order valence-corrected chi connectivity index (χ3v) is 5.18. The summed E-state index contributed by atoms with van der Waals surface area (Å²) in [6, 6.07) is 14.8. The Hall–Kier alpha value is -2.82. The normalized spacial score (nSPS) is 13.4. The number of unbranched alkanes of at least 4 members (excludes halogenated alkanes) is 1. The SMILES string of the molecule is CCCCN(C)C(=O)c1ccc(C(=O)Nc2ccc(N3CCCC3)cc2)cc1. The summed E-state index contributed by atoms with van der Waals surface area (Å²) in [5.74, 6) is -0.190. The van der Waals surface area contributed by atoms with E-state index in [-0.39, 0.29) is 11.8 Å². The van der Waals surface area contributed by atoms with Crippen LogP contribution in [0.4, 0.5) is 11.4 Å². The van der Waals surface area contributed by atoms with E-state index in [0.717, 1.165) is 38.2 Å². The van der Waals surface area contributed by atoms with Gasteiger partial charge in [-0.3, -0.25) is 9.59 Å². The molecule has 1 saturated heterocycles. The molecule has 0 aliphatic carbocycles. The van der Waals surface area contributed by atoms with Crippen LogP contribution in [0.15, 0.2) is 48.5 Å². The zero-order valence-electron chi connectivity index (χ0n) is 16.8. The van der Waals surface area contributed by atoms with Crippen LogP contribution in [0.3, 0.4) is 0 Å². The van der Waals surface area contributed by atoms with E-state index in [1.54, 1.807) is 29.2 Å². The predicted molar refractivity (Wildman–Crippen MR) is 114 cm³/mol. The van der Waals surface area contributed by atoms with Crippen LogP contribution in [0.25, 0.3) is 0 Å². The van der Waals surface area contributed by atoms with Crippen LogP contribution >= 0.6 is 0 Å². The van der Waals surface area contributed by atoms with Crippen molar-refractivity contribution in [2.45, 2.75) is 32.6 Å². The fraction of sp³-hybridized carbons (Fsp3) is 0.391. The molecule has 5 heteroatoms. The molecule has 148 valence electrons. The Morgan fingerprint density at radius 3 is 2.18 bits per heavy atom. The van der Waals surface area contributed by atoms with Crippen molar-refractivity contribution in [2.24, 2.45) is 0 Å². The lowest BCUT2D eigenvalue weighted by atomic mass is 10.1. The van der Waals surface area contributed by atoms with Gasteiger partial charge in [0.15, 0.2) is 0 Å². The van der Waals surface area contributed by atoms with Crippen LogP contribution in [0, 0.1) is 0 Å². The first kappa shape index (κ1) is 19.9. The van der Waals surface area contributed by atoms with Gasteiger partial charge in [-0.2, -0.15) is 0 Å². The lowest BCUT2D eigenvalue weighted by Gasteiger charge is -2.18. The molecule has 1 aliphatic rings. The van der Waals surface area contributed by atoms with E-state index in [2.05, 4.69) is 29.3 Å². The smallest absolute Gasteiger partial charge is 0.255 e. The van der Waals surface area contributed by atoms with E-state index in [4.69, 9.17) is 0 Å². The molecule has 0 bridgehead atoms. The maximum Gasteiger partial charge on any atom is 0.255 e. The molecule has 1 fully saturated rings. The first-order valence-corrected chi connectivity index (χ1v) is 10.1. The van der Waals surface area contributed by atoms with Gasteiger partial charge in [0.1, 0.15) is 0 Å². The Bertz CT molecular complexity index is 794. The van der Waals surface area contributed by atoms with Gasteiger partial charge >= 0.3 is 0 Å². The van der Waals surface area contributed by atoms with Gasteiger partial charge in [0.2, 0.25) is 0 Å². The maximum atomic E-state index is 12.5. The van der Waals surface area contributed by atoms with E-state index < -0.39 is 0 Å². The minimum absolute atomic E-state index is 0.0158. The zero-order valence-corrected chi connectivity index (χ0v) is 16.8. The molecule has 5 nitrogen and oxygen atoms in total. The van der Waals surface area contributed by atoms with Gasteiger partial charge in [-0.05, 0) is 67.8 Å². The second-order valence-corrected chi connectivity index (χ2v) is 7.35. The summed E-state index contributed by atoms with van der Waals surface area (Å²) in [7, 11) is 1.81. The average Bonchev–Trinajstić information content (AvgIpc) is 3.27. The fourth-order valence-corrected chi connectivity index (χ4v) is 3.42. The van der Waals surface area contributed by atoms with Crippen molar-refractivity contribution in [3.8, 4) is 0 Å². The summed E-state index contributed by atoms with van der Waals surface area (Å²) in [4.78, 5) is 29.0. The summed E-state index contributed by atoms with van der Waals surface area (Å²) >= 11 is 0. The number of nitrogens with zero attached hydrogens (tertiary/aromatic N) is 2. The molecule has 28 heavy (non-hydrogen) atoms. The van der Waals surface area contributed by atoms with E-state index in [9.17, 15) is 9.59 Å². The Kier molecular flexibility index (Phi) is 6.69. The van der Waals surface area contributed by atoms with Crippen molar-refractivity contribution in [3.63, 3.8) is 0 Å². The van der Waals surface area contributed by atoms with Crippen LogP contribution < -0.4 is 10.2 Å². The molecular weight excluding hydrogens is 350 g/mol. The van der Waals surface area contributed by atoms with E-state index >= 15 is 0 Å². The number of rotatable bonds is 7. The van der Waals surface area contributed by atoms with Crippen LogP contribution in [0.1, 0.15) is 53.3 Å². The molecule has 0 spiro atoms. The molecule has 0 aromatic heterocycles. The number of carbonyl (C=O) groups excluding carboxylic acids is 2. The number of benzene rings is 2. The fourth-order valence-electron chi connectivity index (χ4n) is 3.42. The Balaban J connectivity index is 1.59. The van der Waals surface area contributed by atoms with Gasteiger partial charge in [-0.25, -0.2) is 0 Å². The molecule has 2 aromatic rings. The minimum Gasteiger partial charge on any atom is -0.372 e. The van der Waals surface area contributed by atoms with Gasteiger partial charge in [0.25, 0.3) is 11.8 Å². The van der Waals surface area contributed by atoms with E-state index in [1.165, 1.54) is 18.5 Å². The van der Waals surface area contributed by atoms with Crippen molar-refractivity contribution < 1.29 is 9.59 Å². The van der Waals surface area contributed by atoms with Crippen molar-refractivity contribution in [1.82, 2.24) is 4.90 Å². The highest BCUT2D eigenvalue weighted by Gasteiger charge is 2.14. The van der Waals surface area contributed by atoms with Crippen molar-refractivity contribution in [2.75, 3.05) is 36.9 Å².